The van der Waals surface area contributed by atoms with Crippen LogP contribution in [0.2, 0.25) is 0 Å². The fraction of sp³-hybridized carbons (Fsp3) is 0.375. The molecule has 3 rings (SSSR count). The summed E-state index contributed by atoms with van der Waals surface area (Å²) in [7, 11) is 1.65. The molecule has 1 saturated heterocycles. The highest BCUT2D eigenvalue weighted by atomic mass is 16.5. The lowest BCUT2D eigenvalue weighted by Gasteiger charge is -2.24. The first-order valence-corrected chi connectivity index (χ1v) is 7.07. The van der Waals surface area contributed by atoms with Crippen molar-refractivity contribution in [3.05, 3.63) is 47.3 Å². The number of carbonyl (C=O) groups excluding carboxylic acids is 1. The Morgan fingerprint density at radius 2 is 2.29 bits per heavy atom. The summed E-state index contributed by atoms with van der Waals surface area (Å²) in [5, 5.41) is 3.83. The summed E-state index contributed by atoms with van der Waals surface area (Å²) in [4.78, 5) is 14.4. The smallest absolute Gasteiger partial charge is 0.276 e. The van der Waals surface area contributed by atoms with E-state index in [4.69, 9.17) is 9.26 Å². The first kappa shape index (κ1) is 13.7. The van der Waals surface area contributed by atoms with Crippen LogP contribution < -0.4 is 4.74 Å². The van der Waals surface area contributed by atoms with Gasteiger partial charge in [-0.15, -0.1) is 0 Å². The van der Waals surface area contributed by atoms with Gasteiger partial charge >= 0.3 is 0 Å². The summed E-state index contributed by atoms with van der Waals surface area (Å²) < 4.78 is 10.3. The predicted octanol–water partition coefficient (Wildman–Crippen LogP) is 2.97. The van der Waals surface area contributed by atoms with Crippen LogP contribution in [-0.2, 0) is 0 Å². The molecule has 1 aromatic carbocycles. The van der Waals surface area contributed by atoms with E-state index in [-0.39, 0.29) is 11.9 Å². The third-order valence-electron chi connectivity index (χ3n) is 3.84. The van der Waals surface area contributed by atoms with Crippen molar-refractivity contribution >= 4 is 5.91 Å². The van der Waals surface area contributed by atoms with Crippen LogP contribution in [0.5, 0.6) is 5.75 Å². The molecule has 2 aromatic rings. The maximum atomic E-state index is 12.6. The first-order chi connectivity index (χ1) is 10.2. The zero-order chi connectivity index (χ0) is 14.8. The zero-order valence-electron chi connectivity index (χ0n) is 12.2. The van der Waals surface area contributed by atoms with Gasteiger partial charge in [0.1, 0.15) is 11.5 Å². The fourth-order valence-electron chi connectivity index (χ4n) is 2.82. The molecule has 1 aromatic heterocycles. The van der Waals surface area contributed by atoms with E-state index in [2.05, 4.69) is 5.16 Å². The van der Waals surface area contributed by atoms with Crippen molar-refractivity contribution in [3.8, 4) is 5.75 Å². The Bertz CT molecular complexity index is 650. The van der Waals surface area contributed by atoms with E-state index >= 15 is 0 Å². The van der Waals surface area contributed by atoms with Crippen molar-refractivity contribution in [2.75, 3.05) is 13.7 Å². The van der Waals surface area contributed by atoms with Gasteiger partial charge in [0.25, 0.3) is 5.91 Å². The summed E-state index contributed by atoms with van der Waals surface area (Å²) in [5.41, 5.74) is 1.47. The number of likely N-dealkylation sites (tertiary alicyclic amines) is 1. The van der Waals surface area contributed by atoms with Gasteiger partial charge in [-0.1, -0.05) is 17.3 Å². The summed E-state index contributed by atoms with van der Waals surface area (Å²) >= 11 is 0. The van der Waals surface area contributed by atoms with E-state index < -0.39 is 0 Å². The van der Waals surface area contributed by atoms with Crippen LogP contribution in [0.15, 0.2) is 34.9 Å². The minimum absolute atomic E-state index is 0.0721. The molecule has 0 spiro atoms. The average molecular weight is 286 g/mol. The summed E-state index contributed by atoms with van der Waals surface area (Å²) in [5.74, 6) is 1.39. The molecule has 5 heteroatoms. The lowest BCUT2D eigenvalue weighted by Crippen LogP contribution is -2.30. The van der Waals surface area contributed by atoms with Gasteiger partial charge in [-0.3, -0.25) is 4.79 Å². The molecule has 1 atom stereocenters. The largest absolute Gasteiger partial charge is 0.497 e. The number of aryl methyl sites for hydroxylation is 1. The normalized spacial score (nSPS) is 18.0. The number of hydrogen-bond acceptors (Lipinski definition) is 4. The Morgan fingerprint density at radius 1 is 1.43 bits per heavy atom. The van der Waals surface area contributed by atoms with Crippen LogP contribution in [-0.4, -0.2) is 29.6 Å². The second kappa shape index (κ2) is 5.60. The van der Waals surface area contributed by atoms with Gasteiger partial charge in [0.15, 0.2) is 5.69 Å². The monoisotopic (exact) mass is 286 g/mol. The van der Waals surface area contributed by atoms with Crippen LogP contribution in [0.3, 0.4) is 0 Å². The van der Waals surface area contributed by atoms with Crippen LogP contribution in [0, 0.1) is 6.92 Å². The summed E-state index contributed by atoms with van der Waals surface area (Å²) in [6, 6.07) is 9.64. The lowest BCUT2D eigenvalue weighted by atomic mass is 10.0. The number of rotatable bonds is 3. The molecule has 0 bridgehead atoms. The van der Waals surface area contributed by atoms with Gasteiger partial charge in [0.05, 0.1) is 13.2 Å². The lowest BCUT2D eigenvalue weighted by molar-refractivity contribution is 0.0725. The maximum absolute atomic E-state index is 12.6. The van der Waals surface area contributed by atoms with Crippen LogP contribution >= 0.6 is 0 Å². The Labute approximate surface area is 123 Å². The van der Waals surface area contributed by atoms with Crippen LogP contribution in [0.1, 0.15) is 40.7 Å². The Balaban J connectivity index is 1.86. The topological polar surface area (TPSA) is 55.6 Å². The molecule has 0 N–H and O–H groups in total. The molecule has 21 heavy (non-hydrogen) atoms. The van der Waals surface area contributed by atoms with Crippen molar-refractivity contribution in [1.82, 2.24) is 10.1 Å². The van der Waals surface area contributed by atoms with Crippen LogP contribution in [0.4, 0.5) is 0 Å². The van der Waals surface area contributed by atoms with Gasteiger partial charge in [-0.25, -0.2) is 0 Å². The van der Waals surface area contributed by atoms with Crippen LogP contribution in [0.25, 0.3) is 0 Å². The summed E-state index contributed by atoms with van der Waals surface area (Å²) in [6.45, 7) is 2.53. The van der Waals surface area contributed by atoms with Crippen molar-refractivity contribution in [3.63, 3.8) is 0 Å². The van der Waals surface area contributed by atoms with E-state index in [1.165, 1.54) is 0 Å². The highest BCUT2D eigenvalue weighted by Crippen LogP contribution is 2.34. The highest BCUT2D eigenvalue weighted by molar-refractivity contribution is 5.92. The second-order valence-electron chi connectivity index (χ2n) is 5.26. The number of benzene rings is 1. The van der Waals surface area contributed by atoms with Gasteiger partial charge in [-0.2, -0.15) is 0 Å². The van der Waals surface area contributed by atoms with Crippen molar-refractivity contribution in [2.24, 2.45) is 0 Å². The zero-order valence-corrected chi connectivity index (χ0v) is 12.2. The third kappa shape index (κ3) is 2.63. The SMILES string of the molecule is COc1cccc(C2CCCN2C(=O)c2cc(C)on2)c1. The number of methoxy groups -OCH3 is 1. The van der Waals surface area contributed by atoms with E-state index in [1.807, 2.05) is 29.2 Å². The minimum Gasteiger partial charge on any atom is -0.497 e. The Kier molecular flexibility index (Phi) is 3.64. The first-order valence-electron chi connectivity index (χ1n) is 7.07. The van der Waals surface area contributed by atoms with E-state index in [9.17, 15) is 4.79 Å². The van der Waals surface area contributed by atoms with Crippen molar-refractivity contribution in [2.45, 2.75) is 25.8 Å². The predicted molar refractivity (Wildman–Crippen MR) is 77.2 cm³/mol. The van der Waals surface area contributed by atoms with Gasteiger partial charge < -0.3 is 14.2 Å². The highest BCUT2D eigenvalue weighted by Gasteiger charge is 2.32. The van der Waals surface area contributed by atoms with E-state index in [0.717, 1.165) is 30.7 Å². The number of aromatic nitrogens is 1. The fourth-order valence-corrected chi connectivity index (χ4v) is 2.82. The molecule has 0 radical (unpaired) electrons. The molecule has 1 unspecified atom stereocenters. The van der Waals surface area contributed by atoms with E-state index in [0.29, 0.717) is 11.5 Å². The average Bonchev–Trinajstić information content (AvgIpc) is 3.15. The maximum Gasteiger partial charge on any atom is 0.276 e. The molecule has 1 amide bonds. The molecular weight excluding hydrogens is 268 g/mol. The number of hydrogen-bond donors (Lipinski definition) is 0. The molecule has 5 nitrogen and oxygen atoms in total. The quantitative estimate of drug-likeness (QED) is 0.870. The van der Waals surface area contributed by atoms with Gasteiger partial charge in [0.2, 0.25) is 0 Å². The molecule has 1 aliphatic rings. The molecule has 110 valence electrons. The molecule has 0 saturated carbocycles. The summed E-state index contributed by atoms with van der Waals surface area (Å²) in [6.07, 6.45) is 1.94. The number of amides is 1. The van der Waals surface area contributed by atoms with Crippen molar-refractivity contribution < 1.29 is 14.1 Å². The molecule has 2 heterocycles. The van der Waals surface area contributed by atoms with E-state index in [1.54, 1.807) is 20.1 Å². The van der Waals surface area contributed by atoms with Gasteiger partial charge in [0, 0.05) is 12.6 Å². The third-order valence-corrected chi connectivity index (χ3v) is 3.84. The Morgan fingerprint density at radius 3 is 3.00 bits per heavy atom. The van der Waals surface area contributed by atoms with Gasteiger partial charge in [-0.05, 0) is 37.5 Å². The van der Waals surface area contributed by atoms with Crippen molar-refractivity contribution in [1.29, 1.82) is 0 Å². The molecule has 1 fully saturated rings. The molecular formula is C16H18N2O3. The second-order valence-corrected chi connectivity index (χ2v) is 5.26. The minimum atomic E-state index is -0.0721. The number of nitrogens with zero attached hydrogens (tertiary/aromatic N) is 2. The molecule has 1 aliphatic heterocycles. The molecule has 0 aliphatic carbocycles. The standard InChI is InChI=1S/C16H18N2O3/c1-11-9-14(17-21-11)16(19)18-8-4-7-15(18)12-5-3-6-13(10-12)20-2/h3,5-6,9-10,15H,4,7-8H2,1-2H3. The number of carbonyl (C=O) groups is 1. The Hall–Kier alpha value is -2.30. The number of ether oxygens (including phenoxy) is 1.